The van der Waals surface area contributed by atoms with Crippen LogP contribution in [0.3, 0.4) is 0 Å². The molecule has 9 heavy (non-hydrogen) atoms. The summed E-state index contributed by atoms with van der Waals surface area (Å²) in [7, 11) is 0. The van der Waals surface area contributed by atoms with E-state index in [1.165, 1.54) is 0 Å². The van der Waals surface area contributed by atoms with Crippen LogP contribution in [0.4, 0.5) is 0 Å². The van der Waals surface area contributed by atoms with Gasteiger partial charge in [-0.2, -0.15) is 0 Å². The standard InChI is InChI=1S/C4H4O4.K.H/c5-3(6)1-2-4(7)8;;/h1-2H,(H,5,6)(H,7,8);;/b2-1+;;. The van der Waals surface area contributed by atoms with Gasteiger partial charge >= 0.3 is 63.3 Å². The number of hydrogen-bond donors (Lipinski definition) is 2. The van der Waals surface area contributed by atoms with Gasteiger partial charge in [-0.15, -0.1) is 0 Å². The molecule has 0 bridgehead atoms. The van der Waals surface area contributed by atoms with E-state index in [0.717, 1.165) is 0 Å². The summed E-state index contributed by atoms with van der Waals surface area (Å²) in [6.07, 6.45) is 1.12. The molecule has 0 aliphatic rings. The van der Waals surface area contributed by atoms with Gasteiger partial charge in [0.05, 0.1) is 0 Å². The first kappa shape index (κ1) is 12.0. The van der Waals surface area contributed by atoms with Gasteiger partial charge in [-0.05, 0) is 0 Å². The minimum atomic E-state index is -1.26. The van der Waals surface area contributed by atoms with Crippen LogP contribution in [0.15, 0.2) is 12.2 Å². The molecule has 5 heteroatoms. The van der Waals surface area contributed by atoms with Crippen molar-refractivity contribution >= 4 is 63.3 Å². The number of rotatable bonds is 2. The van der Waals surface area contributed by atoms with Crippen molar-refractivity contribution in [3.8, 4) is 0 Å². The monoisotopic (exact) mass is 156 g/mol. The van der Waals surface area contributed by atoms with Crippen molar-refractivity contribution in [1.29, 1.82) is 0 Å². The number of hydrogen-bond acceptors (Lipinski definition) is 2. The van der Waals surface area contributed by atoms with Gasteiger partial charge in [0.1, 0.15) is 0 Å². The van der Waals surface area contributed by atoms with Crippen molar-refractivity contribution in [3.05, 3.63) is 12.2 Å². The summed E-state index contributed by atoms with van der Waals surface area (Å²) in [5.41, 5.74) is 0. The first-order chi connectivity index (χ1) is 3.63. The Morgan fingerprint density at radius 1 is 1.00 bits per heavy atom. The van der Waals surface area contributed by atoms with E-state index < -0.39 is 11.9 Å². The quantitative estimate of drug-likeness (QED) is 0.400. The number of carboxylic acids is 2. The maximum atomic E-state index is 9.55. The summed E-state index contributed by atoms with van der Waals surface area (Å²) in [5.74, 6) is -2.51. The topological polar surface area (TPSA) is 74.6 Å². The van der Waals surface area contributed by atoms with Crippen LogP contribution in [0.5, 0.6) is 0 Å². The summed E-state index contributed by atoms with van der Waals surface area (Å²) in [6, 6.07) is 0. The predicted octanol–water partition coefficient (Wildman–Crippen LogP) is -0.937. The molecule has 0 unspecified atom stereocenters. The zero-order valence-corrected chi connectivity index (χ0v) is 3.87. The van der Waals surface area contributed by atoms with Crippen LogP contribution < -0.4 is 0 Å². The van der Waals surface area contributed by atoms with E-state index >= 15 is 0 Å². The minimum absolute atomic E-state index is 0. The summed E-state index contributed by atoms with van der Waals surface area (Å²) >= 11 is 0. The van der Waals surface area contributed by atoms with Crippen LogP contribution in [0, 0.1) is 0 Å². The predicted molar refractivity (Wildman–Crippen MR) is 31.6 cm³/mol. The molecule has 0 spiro atoms. The first-order valence-electron chi connectivity index (χ1n) is 1.77. The fourth-order valence-electron chi connectivity index (χ4n) is 0.143. The molecule has 0 aromatic carbocycles. The fourth-order valence-corrected chi connectivity index (χ4v) is 0.143. The Kier molecular flexibility index (Phi) is 8.61. The molecule has 0 amide bonds. The summed E-state index contributed by atoms with van der Waals surface area (Å²) in [4.78, 5) is 19.1. The molecule has 0 aromatic heterocycles. The molecule has 0 radical (unpaired) electrons. The molecule has 4 nitrogen and oxygen atoms in total. The van der Waals surface area contributed by atoms with Crippen LogP contribution in [-0.2, 0) is 9.59 Å². The summed E-state index contributed by atoms with van der Waals surface area (Å²) in [5, 5.41) is 15.6. The number of aliphatic carboxylic acids is 2. The molecule has 0 aromatic rings. The molecule has 0 saturated heterocycles. The van der Waals surface area contributed by atoms with Gasteiger partial charge in [0.25, 0.3) is 0 Å². The third-order valence-electron chi connectivity index (χ3n) is 0.368. The van der Waals surface area contributed by atoms with E-state index in [2.05, 4.69) is 0 Å². The Labute approximate surface area is 94.0 Å². The second-order valence-electron chi connectivity index (χ2n) is 1.01. The van der Waals surface area contributed by atoms with Crippen molar-refractivity contribution in [3.63, 3.8) is 0 Å². The average molecular weight is 156 g/mol. The van der Waals surface area contributed by atoms with Crippen molar-refractivity contribution in [2.24, 2.45) is 0 Å². The van der Waals surface area contributed by atoms with Gasteiger partial charge in [0.2, 0.25) is 0 Å². The van der Waals surface area contributed by atoms with Crippen molar-refractivity contribution in [1.82, 2.24) is 0 Å². The van der Waals surface area contributed by atoms with Gasteiger partial charge in [-0.3, -0.25) is 0 Å². The van der Waals surface area contributed by atoms with Crippen LogP contribution in [0.25, 0.3) is 0 Å². The first-order valence-corrected chi connectivity index (χ1v) is 1.77. The molecule has 46 valence electrons. The average Bonchev–Trinajstić information content (AvgIpc) is 1.61. The van der Waals surface area contributed by atoms with Crippen LogP contribution in [0.2, 0.25) is 0 Å². The third kappa shape index (κ3) is 11.7. The Morgan fingerprint density at radius 2 is 1.22 bits per heavy atom. The van der Waals surface area contributed by atoms with Gasteiger partial charge in [-0.1, -0.05) is 0 Å². The zero-order valence-electron chi connectivity index (χ0n) is 3.87. The van der Waals surface area contributed by atoms with Gasteiger partial charge in [0.15, 0.2) is 0 Å². The Balaban J connectivity index is 0. The van der Waals surface area contributed by atoms with E-state index in [4.69, 9.17) is 10.2 Å². The third-order valence-corrected chi connectivity index (χ3v) is 0.368. The SMILES string of the molecule is O=C(O)/C=C/C(=O)O.[KH]. The molecular weight excluding hydrogens is 151 g/mol. The Hall–Kier alpha value is 0.316. The number of carboxylic acid groups (broad SMARTS) is 2. The van der Waals surface area contributed by atoms with E-state index in [0.29, 0.717) is 12.2 Å². The van der Waals surface area contributed by atoms with Crippen molar-refractivity contribution in [2.45, 2.75) is 0 Å². The van der Waals surface area contributed by atoms with Crippen molar-refractivity contribution in [2.75, 3.05) is 0 Å². The molecule has 0 aliphatic heterocycles. The second-order valence-corrected chi connectivity index (χ2v) is 1.01. The van der Waals surface area contributed by atoms with Gasteiger partial charge in [-0.25, -0.2) is 9.59 Å². The van der Waals surface area contributed by atoms with E-state index in [-0.39, 0.29) is 51.4 Å². The molecular formula is C4H5KO4. The maximum absolute atomic E-state index is 9.55. The summed E-state index contributed by atoms with van der Waals surface area (Å²) < 4.78 is 0. The summed E-state index contributed by atoms with van der Waals surface area (Å²) in [6.45, 7) is 0. The normalized spacial score (nSPS) is 8.44. The van der Waals surface area contributed by atoms with E-state index in [9.17, 15) is 9.59 Å². The molecule has 0 heterocycles. The molecule has 0 rings (SSSR count). The van der Waals surface area contributed by atoms with E-state index in [1.807, 2.05) is 0 Å². The van der Waals surface area contributed by atoms with Gasteiger partial charge < -0.3 is 10.2 Å². The zero-order chi connectivity index (χ0) is 6.57. The molecule has 0 saturated carbocycles. The molecule has 0 fully saturated rings. The molecule has 2 N–H and O–H groups in total. The Bertz CT molecular complexity index is 124. The second kappa shape index (κ2) is 6.44. The Morgan fingerprint density at radius 3 is 1.33 bits per heavy atom. The van der Waals surface area contributed by atoms with Crippen LogP contribution >= 0.6 is 0 Å². The van der Waals surface area contributed by atoms with Crippen molar-refractivity contribution < 1.29 is 19.8 Å². The number of carbonyl (C=O) groups is 2. The van der Waals surface area contributed by atoms with Crippen LogP contribution in [0.1, 0.15) is 0 Å². The molecule has 0 atom stereocenters. The van der Waals surface area contributed by atoms with E-state index in [1.54, 1.807) is 0 Å². The fraction of sp³-hybridized carbons (Fsp3) is 0. The molecule has 0 aliphatic carbocycles. The van der Waals surface area contributed by atoms with Crippen LogP contribution in [-0.4, -0.2) is 73.5 Å². The van der Waals surface area contributed by atoms with Gasteiger partial charge in [0, 0.05) is 12.2 Å².